The van der Waals surface area contributed by atoms with Crippen LogP contribution in [0.25, 0.3) is 0 Å². The fourth-order valence-electron chi connectivity index (χ4n) is 1.44. The molecule has 0 radical (unpaired) electrons. The van der Waals surface area contributed by atoms with Crippen molar-refractivity contribution in [2.24, 2.45) is 0 Å². The van der Waals surface area contributed by atoms with Crippen molar-refractivity contribution in [1.29, 1.82) is 0 Å². The van der Waals surface area contributed by atoms with Gasteiger partial charge in [-0.2, -0.15) is 0 Å². The van der Waals surface area contributed by atoms with Crippen LogP contribution in [0.15, 0.2) is 60.7 Å². The Morgan fingerprint density at radius 3 is 1.33 bits per heavy atom. The van der Waals surface area contributed by atoms with Gasteiger partial charge in [-0.05, 0) is 0 Å². The molecule has 0 atom stereocenters. The van der Waals surface area contributed by atoms with Crippen LogP contribution in [0.2, 0.25) is 0 Å². The number of hydrogen-bond acceptors (Lipinski definition) is 0. The molecule has 1 nitrogen and oxygen atoms in total. The summed E-state index contributed by atoms with van der Waals surface area (Å²) in [6.45, 7) is 0. The van der Waals surface area contributed by atoms with E-state index in [0.717, 1.165) is 0 Å². The van der Waals surface area contributed by atoms with Crippen LogP contribution in [0.5, 0.6) is 0 Å². The van der Waals surface area contributed by atoms with E-state index in [-0.39, 0.29) is 5.48 Å². The number of rotatable bonds is 2. The first-order valence-electron chi connectivity index (χ1n) is 4.62. The van der Waals surface area contributed by atoms with Crippen molar-refractivity contribution in [2.75, 3.05) is 0 Å². The van der Waals surface area contributed by atoms with Crippen LogP contribution in [0.3, 0.4) is 0 Å². The van der Waals surface area contributed by atoms with Crippen LogP contribution in [-0.2, 0) is 0 Å². The van der Waals surface area contributed by atoms with Crippen molar-refractivity contribution in [3.05, 3.63) is 60.7 Å². The molecule has 0 aliphatic heterocycles. The van der Waals surface area contributed by atoms with E-state index in [1.54, 1.807) is 0 Å². The summed E-state index contributed by atoms with van der Waals surface area (Å²) in [5, 5.41) is 0. The standard InChI is InChI=1S/2C6H5.ClH.H2O.Sn.H/c2*1-2-4-6-5-3-1;;;;/h2*1-5H;1H;1H2;;/q;;;;+1;/p-1. The molecule has 0 heterocycles. The average molecular weight is 327 g/mol. The predicted molar refractivity (Wildman–Crippen MR) is 68.8 cm³/mol. The van der Waals surface area contributed by atoms with Crippen molar-refractivity contribution in [2.45, 2.75) is 0 Å². The molecule has 0 bridgehead atoms. The summed E-state index contributed by atoms with van der Waals surface area (Å²) in [5.74, 6) is 0. The van der Waals surface area contributed by atoms with Crippen LogP contribution in [0.4, 0.5) is 0 Å². The van der Waals surface area contributed by atoms with Crippen LogP contribution in [0.1, 0.15) is 0 Å². The first kappa shape index (κ1) is 12.6. The molecule has 78 valence electrons. The van der Waals surface area contributed by atoms with Gasteiger partial charge in [0, 0.05) is 0 Å². The topological polar surface area (TPSA) is 31.5 Å². The molecule has 15 heavy (non-hydrogen) atoms. The van der Waals surface area contributed by atoms with Crippen LogP contribution in [0, 0.1) is 0 Å². The third kappa shape index (κ3) is 3.23. The second-order valence-corrected chi connectivity index (χ2v) is 12.0. The maximum atomic E-state index is 6.54. The summed E-state index contributed by atoms with van der Waals surface area (Å²) in [5.41, 5.74) is 0. The Hall–Kier alpha value is -0.511. The van der Waals surface area contributed by atoms with Gasteiger partial charge in [0.1, 0.15) is 0 Å². The first-order chi connectivity index (χ1) is 6.88. The number of benzene rings is 2. The second-order valence-electron chi connectivity index (χ2n) is 3.18. The molecule has 0 aromatic heterocycles. The van der Waals surface area contributed by atoms with Gasteiger partial charge in [-0.1, -0.05) is 0 Å². The molecule has 0 aliphatic carbocycles. The zero-order valence-electron chi connectivity index (χ0n) is 8.23. The van der Waals surface area contributed by atoms with E-state index in [1.807, 2.05) is 12.1 Å². The van der Waals surface area contributed by atoms with E-state index in [0.29, 0.717) is 0 Å². The molecule has 0 amide bonds. The Labute approximate surface area is 100 Å². The van der Waals surface area contributed by atoms with Crippen molar-refractivity contribution in [3.63, 3.8) is 0 Å². The fraction of sp³-hybridized carbons (Fsp3) is 0. The predicted octanol–water partition coefficient (Wildman–Crippen LogP) is 0.939. The summed E-state index contributed by atoms with van der Waals surface area (Å²) in [6.07, 6.45) is 0. The summed E-state index contributed by atoms with van der Waals surface area (Å²) in [7, 11) is 6.54. The molecule has 2 N–H and O–H groups in total. The molecule has 0 spiro atoms. The van der Waals surface area contributed by atoms with Gasteiger partial charge in [0.2, 0.25) is 0 Å². The van der Waals surface area contributed by atoms with Gasteiger partial charge in [0.05, 0.1) is 0 Å². The number of halogens is 1. The minimum absolute atomic E-state index is 0. The average Bonchev–Trinajstić information content (AvgIpc) is 2.30. The fourth-order valence-corrected chi connectivity index (χ4v) is 7.68. The Bertz CT molecular complexity index is 351. The van der Waals surface area contributed by atoms with E-state index in [2.05, 4.69) is 48.5 Å². The van der Waals surface area contributed by atoms with Crippen LogP contribution >= 0.6 is 8.92 Å². The number of hydrogen-bond donors (Lipinski definition) is 0. The molecular formula is C12H13ClOSn. The second kappa shape index (κ2) is 6.15. The van der Waals surface area contributed by atoms with Gasteiger partial charge in [0.25, 0.3) is 0 Å². The maximum absolute atomic E-state index is 6.54. The summed E-state index contributed by atoms with van der Waals surface area (Å²) >= 11 is -2.16. The van der Waals surface area contributed by atoms with E-state index >= 15 is 0 Å². The van der Waals surface area contributed by atoms with Crippen molar-refractivity contribution >= 4 is 34.7 Å². The van der Waals surface area contributed by atoms with Gasteiger partial charge in [-0.3, -0.25) is 0 Å². The summed E-state index contributed by atoms with van der Waals surface area (Å²) in [4.78, 5) is 0. The zero-order chi connectivity index (χ0) is 9.80. The molecule has 2 aromatic carbocycles. The van der Waals surface area contributed by atoms with Crippen molar-refractivity contribution in [3.8, 4) is 0 Å². The van der Waals surface area contributed by atoms with E-state index < -0.39 is 18.6 Å². The minimum atomic E-state index is -2.16. The quantitative estimate of drug-likeness (QED) is 0.736. The Kier molecular flexibility index (Phi) is 5.15. The van der Waals surface area contributed by atoms with Gasteiger partial charge in [-0.25, -0.2) is 0 Å². The van der Waals surface area contributed by atoms with Gasteiger partial charge in [0.15, 0.2) is 0 Å². The molecule has 0 unspecified atom stereocenters. The third-order valence-corrected chi connectivity index (χ3v) is 11.1. The third-order valence-electron chi connectivity index (χ3n) is 2.18. The SMILES string of the molecule is O.[Cl][SnH]([c]1ccccc1)[c]1ccccc1. The van der Waals surface area contributed by atoms with E-state index in [4.69, 9.17) is 8.92 Å². The summed E-state index contributed by atoms with van der Waals surface area (Å²) in [6, 6.07) is 20.9. The molecular weight excluding hydrogens is 314 g/mol. The normalized spacial score (nSPS) is 9.73. The molecule has 2 rings (SSSR count). The zero-order valence-corrected chi connectivity index (χ0v) is 12.3. The van der Waals surface area contributed by atoms with Crippen molar-refractivity contribution < 1.29 is 5.48 Å². The Balaban J connectivity index is 0.00000112. The van der Waals surface area contributed by atoms with E-state index in [1.165, 1.54) is 7.16 Å². The van der Waals surface area contributed by atoms with Gasteiger partial charge >= 0.3 is 95.4 Å². The molecule has 0 saturated carbocycles. The molecule has 2 aromatic rings. The van der Waals surface area contributed by atoms with Gasteiger partial charge < -0.3 is 5.48 Å². The first-order valence-corrected chi connectivity index (χ1v) is 12.1. The van der Waals surface area contributed by atoms with Crippen LogP contribution in [-0.4, -0.2) is 24.1 Å². The summed E-state index contributed by atoms with van der Waals surface area (Å²) < 4.78 is 2.70. The molecule has 0 aliphatic rings. The Morgan fingerprint density at radius 2 is 1.00 bits per heavy atom. The van der Waals surface area contributed by atoms with E-state index in [9.17, 15) is 0 Å². The van der Waals surface area contributed by atoms with Crippen molar-refractivity contribution in [1.82, 2.24) is 0 Å². The Morgan fingerprint density at radius 1 is 0.667 bits per heavy atom. The molecule has 0 saturated heterocycles. The van der Waals surface area contributed by atoms with Crippen LogP contribution < -0.4 is 7.16 Å². The monoisotopic (exact) mass is 328 g/mol. The molecule has 3 heteroatoms. The molecule has 0 fully saturated rings. The van der Waals surface area contributed by atoms with Gasteiger partial charge in [-0.15, -0.1) is 0 Å².